The molecule has 0 aliphatic heterocycles. The van der Waals surface area contributed by atoms with Gasteiger partial charge in [0.1, 0.15) is 0 Å². The molecule has 1 fully saturated rings. The maximum atomic E-state index is 12.1. The second-order valence-electron chi connectivity index (χ2n) is 5.50. The third kappa shape index (κ3) is 2.26. The third-order valence-electron chi connectivity index (χ3n) is 3.84. The highest BCUT2D eigenvalue weighted by Crippen LogP contribution is 2.45. The topological polar surface area (TPSA) is 46.9 Å². The van der Waals surface area contributed by atoms with Gasteiger partial charge in [-0.1, -0.05) is 20.8 Å². The van der Waals surface area contributed by atoms with E-state index in [2.05, 4.69) is 24.1 Å². The fraction of sp³-hybridized carbons (Fsp3) is 0.692. The van der Waals surface area contributed by atoms with Crippen molar-refractivity contribution in [2.45, 2.75) is 51.6 Å². The number of hydrogen-bond acceptors (Lipinski definition) is 3. The van der Waals surface area contributed by atoms with Gasteiger partial charge in [0, 0.05) is 35.8 Å². The highest BCUT2D eigenvalue weighted by atomic mass is 35.5. The first-order valence-electron chi connectivity index (χ1n) is 6.43. The molecule has 0 amide bonds. The summed E-state index contributed by atoms with van der Waals surface area (Å²) in [6.07, 6.45) is 5.21. The van der Waals surface area contributed by atoms with E-state index in [1.807, 2.05) is 6.92 Å². The molecule has 0 saturated heterocycles. The van der Waals surface area contributed by atoms with Crippen LogP contribution < -0.4 is 10.9 Å². The molecule has 0 bridgehead atoms. The van der Waals surface area contributed by atoms with Crippen LogP contribution >= 0.6 is 11.6 Å². The number of aryl methyl sites for hydroxylation is 1. The van der Waals surface area contributed by atoms with Gasteiger partial charge in [0.25, 0.3) is 5.56 Å². The van der Waals surface area contributed by atoms with Gasteiger partial charge < -0.3 is 9.88 Å². The van der Waals surface area contributed by atoms with Crippen LogP contribution in [0.2, 0.25) is 0 Å². The quantitative estimate of drug-likeness (QED) is 0.855. The summed E-state index contributed by atoms with van der Waals surface area (Å²) >= 11 is 6.18. The number of rotatable bonds is 4. The molecule has 0 radical (unpaired) electrons. The number of nitrogens with one attached hydrogen (secondary N) is 1. The molecule has 0 spiro atoms. The van der Waals surface area contributed by atoms with Crippen LogP contribution in [0.3, 0.4) is 0 Å². The fourth-order valence-corrected chi connectivity index (χ4v) is 2.58. The van der Waals surface area contributed by atoms with E-state index in [1.165, 1.54) is 0 Å². The van der Waals surface area contributed by atoms with Gasteiger partial charge in [-0.05, 0) is 12.8 Å². The van der Waals surface area contributed by atoms with Crippen LogP contribution in [-0.2, 0) is 6.54 Å². The van der Waals surface area contributed by atoms with Crippen molar-refractivity contribution in [3.63, 3.8) is 0 Å². The summed E-state index contributed by atoms with van der Waals surface area (Å²) in [5.74, 6) is 0.438. The first kappa shape index (κ1) is 13.4. The second-order valence-corrected chi connectivity index (χ2v) is 6.02. The van der Waals surface area contributed by atoms with Gasteiger partial charge in [0.2, 0.25) is 0 Å². The second kappa shape index (κ2) is 4.92. The summed E-state index contributed by atoms with van der Waals surface area (Å²) in [6, 6.07) is 0.220. The molecule has 1 heterocycles. The SMILES string of the molecule is CCCn1ccnc(NC2CC(Cl)C2(C)C)c1=O. The number of hydrogen-bond donors (Lipinski definition) is 1. The lowest BCUT2D eigenvalue weighted by Gasteiger charge is -2.49. The fourth-order valence-electron chi connectivity index (χ4n) is 2.25. The van der Waals surface area contributed by atoms with Crippen molar-refractivity contribution in [1.29, 1.82) is 0 Å². The minimum absolute atomic E-state index is 0.00109. The smallest absolute Gasteiger partial charge is 0.293 e. The Morgan fingerprint density at radius 2 is 2.33 bits per heavy atom. The first-order valence-corrected chi connectivity index (χ1v) is 6.86. The Labute approximate surface area is 112 Å². The number of anilines is 1. The van der Waals surface area contributed by atoms with Gasteiger partial charge in [-0.3, -0.25) is 4.79 Å². The largest absolute Gasteiger partial charge is 0.362 e. The normalized spacial score (nSPS) is 25.6. The van der Waals surface area contributed by atoms with Gasteiger partial charge in [0.15, 0.2) is 5.82 Å². The van der Waals surface area contributed by atoms with Gasteiger partial charge in [-0.25, -0.2) is 4.98 Å². The molecule has 4 nitrogen and oxygen atoms in total. The van der Waals surface area contributed by atoms with Gasteiger partial charge >= 0.3 is 0 Å². The minimum atomic E-state index is -0.0480. The summed E-state index contributed by atoms with van der Waals surface area (Å²) in [5, 5.41) is 3.40. The van der Waals surface area contributed by atoms with Crippen LogP contribution in [0.4, 0.5) is 5.82 Å². The zero-order chi connectivity index (χ0) is 13.3. The van der Waals surface area contributed by atoms with Crippen molar-refractivity contribution < 1.29 is 0 Å². The van der Waals surface area contributed by atoms with E-state index in [0.717, 1.165) is 19.4 Å². The van der Waals surface area contributed by atoms with Crippen molar-refractivity contribution in [3.05, 3.63) is 22.7 Å². The Morgan fingerprint density at radius 3 is 2.89 bits per heavy atom. The van der Waals surface area contributed by atoms with Crippen molar-refractivity contribution in [3.8, 4) is 0 Å². The molecular formula is C13H20ClN3O. The molecule has 1 N–H and O–H groups in total. The van der Waals surface area contributed by atoms with E-state index in [-0.39, 0.29) is 22.4 Å². The molecule has 1 aromatic heterocycles. The van der Waals surface area contributed by atoms with Crippen LogP contribution in [0, 0.1) is 5.41 Å². The Kier molecular flexibility index (Phi) is 3.66. The minimum Gasteiger partial charge on any atom is -0.362 e. The van der Waals surface area contributed by atoms with E-state index < -0.39 is 0 Å². The lowest BCUT2D eigenvalue weighted by atomic mass is 9.67. The predicted octanol–water partition coefficient (Wildman–Crippen LogP) is 2.47. The van der Waals surface area contributed by atoms with E-state index in [9.17, 15) is 4.79 Å². The highest BCUT2D eigenvalue weighted by Gasteiger charge is 2.47. The Bertz CT molecular complexity index is 483. The highest BCUT2D eigenvalue weighted by molar-refractivity contribution is 6.21. The van der Waals surface area contributed by atoms with Crippen molar-refractivity contribution in [2.75, 3.05) is 5.32 Å². The van der Waals surface area contributed by atoms with E-state index >= 15 is 0 Å². The summed E-state index contributed by atoms with van der Waals surface area (Å²) in [6.45, 7) is 6.99. The molecule has 2 rings (SSSR count). The molecule has 5 heteroatoms. The Balaban J connectivity index is 2.16. The van der Waals surface area contributed by atoms with Crippen molar-refractivity contribution in [1.82, 2.24) is 9.55 Å². The maximum Gasteiger partial charge on any atom is 0.293 e. The average Bonchev–Trinajstić information content (AvgIpc) is 2.33. The van der Waals surface area contributed by atoms with Crippen molar-refractivity contribution in [2.24, 2.45) is 5.41 Å². The number of halogens is 1. The molecule has 2 unspecified atom stereocenters. The maximum absolute atomic E-state index is 12.1. The first-order chi connectivity index (χ1) is 8.46. The Hall–Kier alpha value is -1.03. The lowest BCUT2D eigenvalue weighted by Crippen LogP contribution is -2.55. The van der Waals surface area contributed by atoms with Crippen LogP contribution in [-0.4, -0.2) is 21.0 Å². The lowest BCUT2D eigenvalue weighted by molar-refractivity contribution is 0.168. The molecule has 0 aromatic carbocycles. The zero-order valence-corrected chi connectivity index (χ0v) is 11.9. The van der Waals surface area contributed by atoms with Gasteiger partial charge in [-0.2, -0.15) is 0 Å². The predicted molar refractivity (Wildman–Crippen MR) is 74.2 cm³/mol. The van der Waals surface area contributed by atoms with Crippen LogP contribution in [0.15, 0.2) is 17.2 Å². The Morgan fingerprint density at radius 1 is 1.61 bits per heavy atom. The third-order valence-corrected chi connectivity index (χ3v) is 4.58. The summed E-state index contributed by atoms with van der Waals surface area (Å²) in [4.78, 5) is 16.3. The molecule has 1 aromatic rings. The molecule has 100 valence electrons. The standard InChI is InChI=1S/C13H20ClN3O/c1-4-6-17-7-5-15-11(12(17)18)16-10-8-9(14)13(10,2)3/h5,7,9-10H,4,6,8H2,1-3H3,(H,15,16). The van der Waals surface area contributed by atoms with Crippen molar-refractivity contribution >= 4 is 17.4 Å². The van der Waals surface area contributed by atoms with Gasteiger partial charge in [-0.15, -0.1) is 11.6 Å². The number of aromatic nitrogens is 2. The van der Waals surface area contributed by atoms with Gasteiger partial charge in [0.05, 0.1) is 0 Å². The molecule has 1 saturated carbocycles. The molecule has 1 aliphatic carbocycles. The zero-order valence-electron chi connectivity index (χ0n) is 11.1. The average molecular weight is 270 g/mol. The number of alkyl halides is 1. The monoisotopic (exact) mass is 269 g/mol. The molecule has 1 aliphatic rings. The van der Waals surface area contributed by atoms with E-state index in [0.29, 0.717) is 5.82 Å². The van der Waals surface area contributed by atoms with E-state index in [4.69, 9.17) is 11.6 Å². The molecule has 2 atom stereocenters. The van der Waals surface area contributed by atoms with Crippen LogP contribution in [0.25, 0.3) is 0 Å². The molecule has 18 heavy (non-hydrogen) atoms. The summed E-state index contributed by atoms with van der Waals surface area (Å²) in [5.41, 5.74) is -0.0469. The van der Waals surface area contributed by atoms with Crippen LogP contribution in [0.1, 0.15) is 33.6 Å². The summed E-state index contributed by atoms with van der Waals surface area (Å²) in [7, 11) is 0. The van der Waals surface area contributed by atoms with Crippen LogP contribution in [0.5, 0.6) is 0 Å². The van der Waals surface area contributed by atoms with E-state index in [1.54, 1.807) is 17.0 Å². The number of nitrogens with zero attached hydrogens (tertiary/aromatic N) is 2. The molecular weight excluding hydrogens is 250 g/mol. The summed E-state index contributed by atoms with van der Waals surface area (Å²) < 4.78 is 1.69.